The Kier molecular flexibility index (Phi) is 7.61. The number of phenolic OH excluding ortho intramolecular Hbond substituents is 1. The number of rotatable bonds is 9. The summed E-state index contributed by atoms with van der Waals surface area (Å²) in [5.74, 6) is 1.43. The molecule has 0 unspecified atom stereocenters. The molecule has 0 aliphatic rings. The third-order valence-corrected chi connectivity index (χ3v) is 5.36. The fourth-order valence-corrected chi connectivity index (χ4v) is 3.67. The molecule has 0 saturated heterocycles. The van der Waals surface area contributed by atoms with Crippen LogP contribution in [-0.4, -0.2) is 24.5 Å². The van der Waals surface area contributed by atoms with E-state index < -0.39 is 0 Å². The first-order valence-corrected chi connectivity index (χ1v) is 11.0. The molecule has 0 saturated carbocycles. The van der Waals surface area contributed by atoms with Crippen LogP contribution in [0.25, 0.3) is 11.1 Å². The number of ether oxygens (including phenoxy) is 3. The lowest BCUT2D eigenvalue weighted by Crippen LogP contribution is -2.13. The van der Waals surface area contributed by atoms with Crippen LogP contribution in [-0.2, 0) is 11.4 Å². The second-order valence-corrected chi connectivity index (χ2v) is 9.31. The highest BCUT2D eigenvalue weighted by molar-refractivity contribution is 5.99. The van der Waals surface area contributed by atoms with E-state index in [9.17, 15) is 14.7 Å². The molecule has 3 aromatic rings. The Labute approximate surface area is 200 Å². The molecule has 0 aromatic heterocycles. The molecule has 34 heavy (non-hydrogen) atoms. The predicted octanol–water partition coefficient (Wildman–Crippen LogP) is 6.11. The molecule has 0 heterocycles. The van der Waals surface area contributed by atoms with Gasteiger partial charge in [0.05, 0.1) is 12.7 Å². The van der Waals surface area contributed by atoms with Gasteiger partial charge < -0.3 is 19.3 Å². The van der Waals surface area contributed by atoms with E-state index in [1.165, 1.54) is 0 Å². The number of benzene rings is 3. The maximum atomic E-state index is 12.6. The van der Waals surface area contributed by atoms with Gasteiger partial charge in [-0.25, -0.2) is 0 Å². The number of hydrogen-bond donors (Lipinski definition) is 1. The summed E-state index contributed by atoms with van der Waals surface area (Å²) >= 11 is 0. The molecular formula is C28H30O6. The summed E-state index contributed by atoms with van der Waals surface area (Å²) in [5, 5.41) is 10.6. The number of ketones is 1. The molecule has 0 spiro atoms. The fourth-order valence-electron chi connectivity index (χ4n) is 3.67. The third kappa shape index (κ3) is 5.95. The van der Waals surface area contributed by atoms with E-state index in [1.807, 2.05) is 45.0 Å². The van der Waals surface area contributed by atoms with Crippen LogP contribution in [0.3, 0.4) is 0 Å². The van der Waals surface area contributed by atoms with Crippen molar-refractivity contribution < 1.29 is 28.9 Å². The smallest absolute Gasteiger partial charge is 0.298 e. The van der Waals surface area contributed by atoms with Crippen molar-refractivity contribution in [3.05, 3.63) is 71.3 Å². The molecule has 0 bridgehead atoms. The molecule has 0 fully saturated rings. The minimum atomic E-state index is -0.167. The first-order valence-electron chi connectivity index (χ1n) is 11.0. The van der Waals surface area contributed by atoms with Crippen LogP contribution >= 0.6 is 0 Å². The van der Waals surface area contributed by atoms with Crippen LogP contribution in [0.1, 0.15) is 48.7 Å². The number of carbonyl (C=O) groups is 2. The van der Waals surface area contributed by atoms with Crippen molar-refractivity contribution in [2.24, 2.45) is 5.41 Å². The molecule has 0 aliphatic heterocycles. The number of carbonyl (C=O) groups excluding carboxylic acids is 2. The van der Waals surface area contributed by atoms with E-state index in [4.69, 9.17) is 14.2 Å². The molecule has 0 radical (unpaired) electrons. The van der Waals surface area contributed by atoms with Crippen molar-refractivity contribution in [3.63, 3.8) is 0 Å². The summed E-state index contributed by atoms with van der Waals surface area (Å²) < 4.78 is 16.4. The number of hydrogen-bond acceptors (Lipinski definition) is 6. The van der Waals surface area contributed by atoms with E-state index >= 15 is 0 Å². The number of aromatic hydroxyl groups is 1. The molecule has 1 N–H and O–H groups in total. The SMILES string of the molecule is COc1ccc(OC=O)cc1-c1cccc(COc2ccc(C(=O)CC(C)(C)C)c(O)c2C)c1. The Morgan fingerprint density at radius 1 is 1.03 bits per heavy atom. The highest BCUT2D eigenvalue weighted by Crippen LogP contribution is 2.35. The molecule has 0 aliphatic carbocycles. The predicted molar refractivity (Wildman–Crippen MR) is 131 cm³/mol. The van der Waals surface area contributed by atoms with Gasteiger partial charge in [-0.1, -0.05) is 39.0 Å². The molecule has 6 nitrogen and oxygen atoms in total. The monoisotopic (exact) mass is 462 g/mol. The van der Waals surface area contributed by atoms with Crippen LogP contribution in [0.5, 0.6) is 23.0 Å². The van der Waals surface area contributed by atoms with Crippen LogP contribution in [0.2, 0.25) is 0 Å². The molecule has 178 valence electrons. The van der Waals surface area contributed by atoms with Gasteiger partial charge in [0.15, 0.2) is 5.78 Å². The summed E-state index contributed by atoms with van der Waals surface area (Å²) in [7, 11) is 1.58. The lowest BCUT2D eigenvalue weighted by Gasteiger charge is -2.18. The molecule has 3 aromatic carbocycles. The normalized spacial score (nSPS) is 11.1. The second-order valence-electron chi connectivity index (χ2n) is 9.31. The van der Waals surface area contributed by atoms with Crippen LogP contribution < -0.4 is 14.2 Å². The summed E-state index contributed by atoms with van der Waals surface area (Å²) in [5.41, 5.74) is 3.21. The quantitative estimate of drug-likeness (QED) is 0.305. The van der Waals surface area contributed by atoms with Gasteiger partial charge in [-0.2, -0.15) is 0 Å². The standard InChI is InChI=1S/C28H30O6/c1-18-25(12-10-22(27(18)31)24(30)15-28(2,3)4)33-16-19-7-6-8-20(13-19)23-14-21(34-17-29)9-11-26(23)32-5/h6-14,17,31H,15-16H2,1-5H3. The van der Waals surface area contributed by atoms with Crippen molar-refractivity contribution in [3.8, 4) is 34.1 Å². The highest BCUT2D eigenvalue weighted by Gasteiger charge is 2.21. The fraction of sp³-hybridized carbons (Fsp3) is 0.286. The maximum absolute atomic E-state index is 12.6. The lowest BCUT2D eigenvalue weighted by atomic mass is 9.87. The number of Topliss-reactive ketones (excluding diaryl/α,β-unsaturated/α-hetero) is 1. The molecular weight excluding hydrogens is 432 g/mol. The Balaban J connectivity index is 1.81. The van der Waals surface area contributed by atoms with E-state index in [1.54, 1.807) is 44.4 Å². The Morgan fingerprint density at radius 2 is 1.76 bits per heavy atom. The molecule has 0 amide bonds. The molecule has 3 rings (SSSR count). The van der Waals surface area contributed by atoms with Crippen molar-refractivity contribution in [1.82, 2.24) is 0 Å². The highest BCUT2D eigenvalue weighted by atomic mass is 16.5. The number of methoxy groups -OCH3 is 1. The van der Waals surface area contributed by atoms with Crippen molar-refractivity contribution in [2.75, 3.05) is 7.11 Å². The molecule has 0 atom stereocenters. The Hall–Kier alpha value is -3.80. The van der Waals surface area contributed by atoms with Gasteiger partial charge in [0.25, 0.3) is 6.47 Å². The zero-order valence-corrected chi connectivity index (χ0v) is 20.2. The largest absolute Gasteiger partial charge is 0.507 e. The van der Waals surface area contributed by atoms with Crippen molar-refractivity contribution >= 4 is 12.3 Å². The van der Waals surface area contributed by atoms with E-state index in [2.05, 4.69) is 0 Å². The average Bonchev–Trinajstić information content (AvgIpc) is 2.79. The van der Waals surface area contributed by atoms with Crippen molar-refractivity contribution in [2.45, 2.75) is 40.7 Å². The van der Waals surface area contributed by atoms with Crippen molar-refractivity contribution in [1.29, 1.82) is 0 Å². The summed E-state index contributed by atoms with van der Waals surface area (Å²) in [6.07, 6.45) is 0.343. The topological polar surface area (TPSA) is 82.1 Å². The first kappa shape index (κ1) is 24.8. The van der Waals surface area contributed by atoms with E-state index in [0.717, 1.165) is 16.7 Å². The Morgan fingerprint density at radius 3 is 2.44 bits per heavy atom. The lowest BCUT2D eigenvalue weighted by molar-refractivity contribution is -0.120. The third-order valence-electron chi connectivity index (χ3n) is 5.36. The second kappa shape index (κ2) is 10.4. The van der Waals surface area contributed by atoms with Gasteiger partial charge in [0, 0.05) is 17.5 Å². The van der Waals surface area contributed by atoms with Gasteiger partial charge in [-0.05, 0) is 59.9 Å². The zero-order chi connectivity index (χ0) is 24.9. The number of phenols is 1. The van der Waals surface area contributed by atoms with Gasteiger partial charge >= 0.3 is 0 Å². The maximum Gasteiger partial charge on any atom is 0.298 e. The van der Waals surface area contributed by atoms with Crippen LogP contribution in [0, 0.1) is 12.3 Å². The average molecular weight is 463 g/mol. The van der Waals surface area contributed by atoms with Gasteiger partial charge in [0.2, 0.25) is 0 Å². The minimum Gasteiger partial charge on any atom is -0.507 e. The Bertz CT molecular complexity index is 1190. The van der Waals surface area contributed by atoms with Crippen LogP contribution in [0.15, 0.2) is 54.6 Å². The summed E-state index contributed by atoms with van der Waals surface area (Å²) in [6, 6.07) is 16.2. The van der Waals surface area contributed by atoms with Gasteiger partial charge in [-0.15, -0.1) is 0 Å². The summed E-state index contributed by atoms with van der Waals surface area (Å²) in [4.78, 5) is 23.3. The minimum absolute atomic E-state index is 0.0442. The first-order chi connectivity index (χ1) is 16.1. The molecule has 6 heteroatoms. The van der Waals surface area contributed by atoms with Crippen LogP contribution in [0.4, 0.5) is 0 Å². The van der Waals surface area contributed by atoms with Gasteiger partial charge in [-0.3, -0.25) is 9.59 Å². The van der Waals surface area contributed by atoms with E-state index in [0.29, 0.717) is 41.3 Å². The van der Waals surface area contributed by atoms with E-state index in [-0.39, 0.29) is 23.6 Å². The zero-order valence-electron chi connectivity index (χ0n) is 20.2. The van der Waals surface area contributed by atoms with Gasteiger partial charge in [0.1, 0.15) is 29.6 Å². The summed E-state index contributed by atoms with van der Waals surface area (Å²) in [6.45, 7) is 8.34.